The number of para-hydroxylation sites is 1. The van der Waals surface area contributed by atoms with E-state index in [1.54, 1.807) is 0 Å². The molecule has 4 rings (SSSR count). The quantitative estimate of drug-likeness (QED) is 0.730. The van der Waals surface area contributed by atoms with E-state index in [0.29, 0.717) is 11.4 Å². The molecule has 1 aromatic carbocycles. The molecule has 120 valence electrons. The fourth-order valence-electron chi connectivity index (χ4n) is 3.46. The van der Waals surface area contributed by atoms with Crippen LogP contribution in [0.1, 0.15) is 42.2 Å². The number of hydrogen-bond donors (Lipinski definition) is 1. The molecule has 3 heterocycles. The largest absolute Gasteiger partial charge is 0.358 e. The first-order valence-corrected chi connectivity index (χ1v) is 8.39. The molecule has 1 aliphatic heterocycles. The van der Waals surface area contributed by atoms with Crippen molar-refractivity contribution in [3.05, 3.63) is 47.2 Å². The molecule has 0 saturated carbocycles. The lowest BCUT2D eigenvalue weighted by Crippen LogP contribution is -2.05. The zero-order valence-electron chi connectivity index (χ0n) is 13.7. The molecule has 0 radical (unpaired) electrons. The third-order valence-corrected chi connectivity index (χ3v) is 4.70. The van der Waals surface area contributed by atoms with Crippen LogP contribution in [0.4, 0.5) is 0 Å². The van der Waals surface area contributed by atoms with E-state index in [0.717, 1.165) is 53.8 Å². The molecule has 0 amide bonds. The van der Waals surface area contributed by atoms with Crippen molar-refractivity contribution < 1.29 is 0 Å². The molecule has 5 nitrogen and oxygen atoms in total. The second-order valence-electron chi connectivity index (χ2n) is 6.28. The van der Waals surface area contributed by atoms with Gasteiger partial charge in [0.1, 0.15) is 11.9 Å². The summed E-state index contributed by atoms with van der Waals surface area (Å²) in [5.74, 6) is 1.69. The standard InChI is InChI=1S/C19H19N5/c1-13-16(15-7-4-5-8-17(15)21-13)11-14(12-20)19-23-22-18-9-3-2-6-10-24(18)19/h4-5,7-8,11,21H,2-3,6,9-10H2,1H3/b14-11+. The molecule has 0 bridgehead atoms. The van der Waals surface area contributed by atoms with Gasteiger partial charge in [-0.2, -0.15) is 5.26 Å². The number of allylic oxidation sites excluding steroid dienone is 1. The summed E-state index contributed by atoms with van der Waals surface area (Å²) < 4.78 is 2.12. The van der Waals surface area contributed by atoms with Crippen molar-refractivity contribution in [3.63, 3.8) is 0 Å². The van der Waals surface area contributed by atoms with Gasteiger partial charge in [0.2, 0.25) is 0 Å². The molecule has 0 atom stereocenters. The van der Waals surface area contributed by atoms with Gasteiger partial charge in [0.05, 0.1) is 5.57 Å². The van der Waals surface area contributed by atoms with Crippen molar-refractivity contribution in [2.45, 2.75) is 39.2 Å². The summed E-state index contributed by atoms with van der Waals surface area (Å²) in [6, 6.07) is 10.5. The SMILES string of the molecule is Cc1[nH]c2ccccc2c1/C=C(\C#N)c1nnc2n1CCCCC2. The summed E-state index contributed by atoms with van der Waals surface area (Å²) in [4.78, 5) is 3.38. The smallest absolute Gasteiger partial charge is 0.174 e. The predicted octanol–water partition coefficient (Wildman–Crippen LogP) is 3.86. The number of nitriles is 1. The minimum Gasteiger partial charge on any atom is -0.358 e. The molecular weight excluding hydrogens is 298 g/mol. The van der Waals surface area contributed by atoms with E-state index in [1.807, 2.05) is 25.1 Å². The second-order valence-corrected chi connectivity index (χ2v) is 6.28. The lowest BCUT2D eigenvalue weighted by Gasteiger charge is -2.06. The number of nitrogens with one attached hydrogen (secondary N) is 1. The fourth-order valence-corrected chi connectivity index (χ4v) is 3.46. The Balaban J connectivity index is 1.84. The lowest BCUT2D eigenvalue weighted by molar-refractivity contribution is 0.627. The van der Waals surface area contributed by atoms with E-state index < -0.39 is 0 Å². The Bertz CT molecular complexity index is 967. The van der Waals surface area contributed by atoms with Crippen LogP contribution in [0.25, 0.3) is 22.6 Å². The van der Waals surface area contributed by atoms with Crippen LogP contribution < -0.4 is 0 Å². The summed E-state index contributed by atoms with van der Waals surface area (Å²) in [5, 5.41) is 19.5. The van der Waals surface area contributed by atoms with Crippen LogP contribution in [0.5, 0.6) is 0 Å². The number of H-pyrrole nitrogens is 1. The highest BCUT2D eigenvalue weighted by atomic mass is 15.3. The molecule has 2 aromatic heterocycles. The number of aromatic amines is 1. The van der Waals surface area contributed by atoms with Gasteiger partial charge < -0.3 is 9.55 Å². The van der Waals surface area contributed by atoms with Gasteiger partial charge in [0.25, 0.3) is 0 Å². The van der Waals surface area contributed by atoms with Gasteiger partial charge in [0, 0.05) is 35.1 Å². The number of aromatic nitrogens is 4. The van der Waals surface area contributed by atoms with E-state index >= 15 is 0 Å². The van der Waals surface area contributed by atoms with Crippen LogP contribution in [0.2, 0.25) is 0 Å². The van der Waals surface area contributed by atoms with E-state index in [1.165, 1.54) is 6.42 Å². The topological polar surface area (TPSA) is 70.3 Å². The first kappa shape index (κ1) is 14.7. The third-order valence-electron chi connectivity index (χ3n) is 4.70. The highest BCUT2D eigenvalue weighted by Crippen LogP contribution is 2.27. The first-order chi connectivity index (χ1) is 11.8. The molecule has 1 aliphatic rings. The zero-order chi connectivity index (χ0) is 16.5. The molecule has 0 aliphatic carbocycles. The van der Waals surface area contributed by atoms with Crippen LogP contribution in [-0.2, 0) is 13.0 Å². The Labute approximate surface area is 140 Å². The summed E-state index contributed by atoms with van der Waals surface area (Å²) in [6.45, 7) is 2.93. The molecule has 0 saturated heterocycles. The lowest BCUT2D eigenvalue weighted by atomic mass is 10.1. The van der Waals surface area contributed by atoms with Gasteiger partial charge >= 0.3 is 0 Å². The number of benzene rings is 1. The predicted molar refractivity (Wildman–Crippen MR) is 94.1 cm³/mol. The third kappa shape index (κ3) is 2.41. The Kier molecular flexibility index (Phi) is 3.66. The monoisotopic (exact) mass is 317 g/mol. The van der Waals surface area contributed by atoms with Crippen molar-refractivity contribution in [2.75, 3.05) is 0 Å². The highest BCUT2D eigenvalue weighted by Gasteiger charge is 2.18. The van der Waals surface area contributed by atoms with Crippen LogP contribution in [0.15, 0.2) is 24.3 Å². The van der Waals surface area contributed by atoms with Crippen molar-refractivity contribution in [1.29, 1.82) is 5.26 Å². The van der Waals surface area contributed by atoms with E-state index in [4.69, 9.17) is 0 Å². The minimum absolute atomic E-state index is 0.573. The summed E-state index contributed by atoms with van der Waals surface area (Å²) in [5.41, 5.74) is 3.76. The summed E-state index contributed by atoms with van der Waals surface area (Å²) >= 11 is 0. The molecule has 0 spiro atoms. The molecule has 1 N–H and O–H groups in total. The van der Waals surface area contributed by atoms with Gasteiger partial charge in [-0.15, -0.1) is 10.2 Å². The van der Waals surface area contributed by atoms with E-state index in [-0.39, 0.29) is 0 Å². The van der Waals surface area contributed by atoms with Gasteiger partial charge in [-0.05, 0) is 31.9 Å². The van der Waals surface area contributed by atoms with Crippen LogP contribution in [0, 0.1) is 18.3 Å². The Morgan fingerprint density at radius 1 is 1.25 bits per heavy atom. The van der Waals surface area contributed by atoms with E-state index in [2.05, 4.69) is 38.0 Å². The summed E-state index contributed by atoms with van der Waals surface area (Å²) in [6.07, 6.45) is 6.35. The molecule has 5 heteroatoms. The van der Waals surface area contributed by atoms with Crippen molar-refractivity contribution in [1.82, 2.24) is 19.7 Å². The molecule has 24 heavy (non-hydrogen) atoms. The number of aryl methyl sites for hydroxylation is 2. The van der Waals surface area contributed by atoms with Crippen LogP contribution >= 0.6 is 0 Å². The van der Waals surface area contributed by atoms with Crippen molar-refractivity contribution in [3.8, 4) is 6.07 Å². The number of rotatable bonds is 2. The average molecular weight is 317 g/mol. The highest BCUT2D eigenvalue weighted by molar-refractivity contribution is 5.97. The fraction of sp³-hybridized carbons (Fsp3) is 0.316. The molecule has 0 unspecified atom stereocenters. The number of hydrogen-bond acceptors (Lipinski definition) is 3. The second kappa shape index (κ2) is 5.97. The Morgan fingerprint density at radius 2 is 2.12 bits per heavy atom. The zero-order valence-corrected chi connectivity index (χ0v) is 13.7. The maximum atomic E-state index is 9.72. The van der Waals surface area contributed by atoms with Crippen LogP contribution in [0.3, 0.4) is 0 Å². The Hall–Kier alpha value is -2.87. The number of nitrogens with zero attached hydrogens (tertiary/aromatic N) is 4. The first-order valence-electron chi connectivity index (χ1n) is 8.39. The van der Waals surface area contributed by atoms with Crippen LogP contribution in [-0.4, -0.2) is 19.7 Å². The van der Waals surface area contributed by atoms with E-state index in [9.17, 15) is 5.26 Å². The van der Waals surface area contributed by atoms with Gasteiger partial charge in [-0.25, -0.2) is 0 Å². The maximum absolute atomic E-state index is 9.72. The minimum atomic E-state index is 0.573. The number of fused-ring (bicyclic) bond motifs is 2. The average Bonchev–Trinajstić information content (AvgIpc) is 3.04. The van der Waals surface area contributed by atoms with Gasteiger partial charge in [-0.3, -0.25) is 0 Å². The van der Waals surface area contributed by atoms with Gasteiger partial charge in [-0.1, -0.05) is 24.6 Å². The van der Waals surface area contributed by atoms with Crippen molar-refractivity contribution in [2.24, 2.45) is 0 Å². The molecule has 3 aromatic rings. The van der Waals surface area contributed by atoms with Crippen molar-refractivity contribution >= 4 is 22.6 Å². The molecular formula is C19H19N5. The molecule has 0 fully saturated rings. The Morgan fingerprint density at radius 3 is 3.00 bits per heavy atom. The summed E-state index contributed by atoms with van der Waals surface area (Å²) in [7, 11) is 0. The normalized spacial score (nSPS) is 15.1. The van der Waals surface area contributed by atoms with Gasteiger partial charge in [0.15, 0.2) is 5.82 Å². The maximum Gasteiger partial charge on any atom is 0.174 e.